The van der Waals surface area contributed by atoms with Gasteiger partial charge >= 0.3 is 12.1 Å². The molecule has 4 amide bonds. The lowest BCUT2D eigenvalue weighted by atomic mass is 9.87. The first-order chi connectivity index (χ1) is 20.9. The molecule has 43 heavy (non-hydrogen) atoms. The van der Waals surface area contributed by atoms with Gasteiger partial charge in [-0.15, -0.1) is 0 Å². The van der Waals surface area contributed by atoms with E-state index in [1.807, 2.05) is 61.5 Å². The molecule has 0 bridgehead atoms. The topological polar surface area (TPSA) is 79.7 Å². The summed E-state index contributed by atoms with van der Waals surface area (Å²) >= 11 is 0. The maximum absolute atomic E-state index is 14.2. The minimum absolute atomic E-state index is 0.266. The van der Waals surface area contributed by atoms with E-state index in [2.05, 4.69) is 16.3 Å². The Morgan fingerprint density at radius 1 is 0.977 bits per heavy atom. The third-order valence-corrected chi connectivity index (χ3v) is 8.74. The number of carbonyl (C=O) groups excluding carboxylic acids is 2. The number of piperidine rings is 1. The Balaban J connectivity index is 1.20. The highest BCUT2D eigenvalue weighted by atomic mass is 19.2. The highest BCUT2D eigenvalue weighted by Gasteiger charge is 2.40. The van der Waals surface area contributed by atoms with E-state index in [9.17, 15) is 23.6 Å². The molecule has 7 nitrogen and oxygen atoms in total. The molecule has 2 heterocycles. The van der Waals surface area contributed by atoms with E-state index in [0.29, 0.717) is 37.4 Å². The average Bonchev–Trinajstić information content (AvgIpc) is 3.04. The van der Waals surface area contributed by atoms with Gasteiger partial charge in [0, 0.05) is 13.1 Å². The quantitative estimate of drug-likeness (QED) is 0.297. The minimum Gasteiger partial charge on any atom is -0.338 e. The van der Waals surface area contributed by atoms with Crippen molar-refractivity contribution in [3.05, 3.63) is 107 Å². The van der Waals surface area contributed by atoms with Gasteiger partial charge in [0.2, 0.25) is 0 Å². The fourth-order valence-electron chi connectivity index (χ4n) is 6.30. The van der Waals surface area contributed by atoms with Crippen molar-refractivity contribution in [3.63, 3.8) is 0 Å². The van der Waals surface area contributed by atoms with Crippen molar-refractivity contribution in [3.8, 4) is 6.07 Å². The Bertz CT molecular complexity index is 1470. The summed E-state index contributed by atoms with van der Waals surface area (Å²) in [5, 5.41) is 12.4. The van der Waals surface area contributed by atoms with Crippen LogP contribution in [0.5, 0.6) is 0 Å². The van der Waals surface area contributed by atoms with E-state index in [1.54, 1.807) is 4.90 Å². The van der Waals surface area contributed by atoms with Crippen LogP contribution in [0.15, 0.2) is 72.8 Å². The monoisotopic (exact) mass is 585 g/mol. The summed E-state index contributed by atoms with van der Waals surface area (Å²) < 4.78 is 27.9. The van der Waals surface area contributed by atoms with E-state index in [0.717, 1.165) is 66.2 Å². The molecule has 0 saturated carbocycles. The largest absolute Gasteiger partial charge is 0.338 e. The molecule has 2 aliphatic heterocycles. The van der Waals surface area contributed by atoms with Gasteiger partial charge in [-0.1, -0.05) is 54.6 Å². The summed E-state index contributed by atoms with van der Waals surface area (Å²) in [7, 11) is 0. The van der Waals surface area contributed by atoms with E-state index in [4.69, 9.17) is 0 Å². The number of nitriles is 1. The zero-order valence-electron chi connectivity index (χ0n) is 24.4. The molecule has 0 aliphatic carbocycles. The SMILES string of the molecule is CC(c1ccccc1)N1CCC(c2ccc(F)c(F)c2)N(C(=O)NCCCN2CCC(c3ccccc3C#N)CC2)C1=O. The van der Waals surface area contributed by atoms with Gasteiger partial charge in [-0.2, -0.15) is 5.26 Å². The molecular weight excluding hydrogens is 548 g/mol. The number of amides is 4. The standard InChI is InChI=1S/C34H37F2N5O2/c1-24(25-8-3-2-4-9-25)40-21-16-32(27-12-13-30(35)31(36)22-27)41(34(40)43)33(42)38-17-7-18-39-19-14-26(15-20-39)29-11-6-5-10-28(29)23-37/h2-6,8-13,22,24,26,32H,7,14-21H2,1H3,(H,38,42). The average molecular weight is 586 g/mol. The predicted octanol–water partition coefficient (Wildman–Crippen LogP) is 6.75. The van der Waals surface area contributed by atoms with Crippen LogP contribution in [0.3, 0.4) is 0 Å². The number of halogens is 2. The van der Waals surface area contributed by atoms with Gasteiger partial charge in [0.05, 0.1) is 23.7 Å². The van der Waals surface area contributed by atoms with Crippen LogP contribution >= 0.6 is 0 Å². The van der Waals surface area contributed by atoms with E-state index in [-0.39, 0.29) is 6.04 Å². The lowest BCUT2D eigenvalue weighted by molar-refractivity contribution is 0.0944. The molecule has 0 radical (unpaired) electrons. The fraction of sp³-hybridized carbons (Fsp3) is 0.382. The summed E-state index contributed by atoms with van der Waals surface area (Å²) in [6, 6.07) is 21.2. The number of rotatable bonds is 8. The maximum atomic E-state index is 14.2. The zero-order valence-corrected chi connectivity index (χ0v) is 24.4. The fourth-order valence-corrected chi connectivity index (χ4v) is 6.30. The Morgan fingerprint density at radius 3 is 2.42 bits per heavy atom. The Hall–Kier alpha value is -4.29. The first kappa shape index (κ1) is 30.2. The van der Waals surface area contributed by atoms with Crippen LogP contribution in [0.1, 0.15) is 72.9 Å². The highest BCUT2D eigenvalue weighted by molar-refractivity contribution is 5.95. The normalized spacial score (nSPS) is 18.7. The first-order valence-electron chi connectivity index (χ1n) is 15.0. The lowest BCUT2D eigenvalue weighted by Gasteiger charge is -2.43. The van der Waals surface area contributed by atoms with Crippen molar-refractivity contribution in [2.24, 2.45) is 0 Å². The second-order valence-corrected chi connectivity index (χ2v) is 11.3. The number of hydrogen-bond donors (Lipinski definition) is 1. The second kappa shape index (κ2) is 13.8. The Kier molecular flexibility index (Phi) is 9.68. The van der Waals surface area contributed by atoms with Crippen LogP contribution in [0.2, 0.25) is 0 Å². The molecule has 0 spiro atoms. The number of nitrogens with one attached hydrogen (secondary N) is 1. The number of nitrogens with zero attached hydrogens (tertiary/aromatic N) is 4. The highest BCUT2D eigenvalue weighted by Crippen LogP contribution is 2.35. The number of likely N-dealkylation sites (tertiary alicyclic amines) is 1. The third-order valence-electron chi connectivity index (χ3n) is 8.74. The molecule has 2 saturated heterocycles. The minimum atomic E-state index is -1.01. The predicted molar refractivity (Wildman–Crippen MR) is 160 cm³/mol. The van der Waals surface area contributed by atoms with Crippen molar-refractivity contribution in [2.75, 3.05) is 32.7 Å². The van der Waals surface area contributed by atoms with Crippen LogP contribution in [-0.2, 0) is 0 Å². The Morgan fingerprint density at radius 2 is 1.70 bits per heavy atom. The van der Waals surface area contributed by atoms with Crippen molar-refractivity contribution < 1.29 is 18.4 Å². The van der Waals surface area contributed by atoms with Gasteiger partial charge in [0.15, 0.2) is 11.6 Å². The summed E-state index contributed by atoms with van der Waals surface area (Å²) in [4.78, 5) is 32.5. The maximum Gasteiger partial charge on any atom is 0.329 e. The lowest BCUT2D eigenvalue weighted by Crippen LogP contribution is -2.56. The number of urea groups is 2. The molecule has 2 aliphatic rings. The molecule has 2 fully saturated rings. The second-order valence-electron chi connectivity index (χ2n) is 11.3. The van der Waals surface area contributed by atoms with Crippen molar-refractivity contribution >= 4 is 12.1 Å². The van der Waals surface area contributed by atoms with Gasteiger partial charge in [0.25, 0.3) is 0 Å². The Labute approximate surface area is 251 Å². The molecule has 0 aromatic heterocycles. The molecule has 224 valence electrons. The van der Waals surface area contributed by atoms with Gasteiger partial charge in [-0.25, -0.2) is 23.3 Å². The van der Waals surface area contributed by atoms with Gasteiger partial charge in [0.1, 0.15) is 0 Å². The number of benzene rings is 3. The number of carbonyl (C=O) groups is 2. The van der Waals surface area contributed by atoms with Crippen LogP contribution in [0.4, 0.5) is 18.4 Å². The molecule has 3 aromatic rings. The van der Waals surface area contributed by atoms with Gasteiger partial charge in [-0.3, -0.25) is 0 Å². The molecule has 2 unspecified atom stereocenters. The number of hydrogen-bond acceptors (Lipinski definition) is 4. The van der Waals surface area contributed by atoms with E-state index >= 15 is 0 Å². The smallest absolute Gasteiger partial charge is 0.329 e. The molecular formula is C34H37F2N5O2. The van der Waals surface area contributed by atoms with Crippen molar-refractivity contribution in [1.29, 1.82) is 5.26 Å². The van der Waals surface area contributed by atoms with Crippen LogP contribution in [-0.4, -0.2) is 59.5 Å². The van der Waals surface area contributed by atoms with Crippen LogP contribution < -0.4 is 5.32 Å². The molecule has 3 aromatic carbocycles. The third kappa shape index (κ3) is 6.86. The van der Waals surface area contributed by atoms with Crippen molar-refractivity contribution in [1.82, 2.24) is 20.0 Å². The number of imide groups is 1. The summed E-state index contributed by atoms with van der Waals surface area (Å²) in [6.45, 7) is 5.28. The molecule has 9 heteroatoms. The van der Waals surface area contributed by atoms with Crippen LogP contribution in [0.25, 0.3) is 0 Å². The van der Waals surface area contributed by atoms with Crippen molar-refractivity contribution in [2.45, 2.75) is 50.6 Å². The van der Waals surface area contributed by atoms with E-state index < -0.39 is 29.7 Å². The molecule has 2 atom stereocenters. The molecule has 5 rings (SSSR count). The molecule has 1 N–H and O–H groups in total. The van der Waals surface area contributed by atoms with E-state index in [1.165, 1.54) is 6.07 Å². The van der Waals surface area contributed by atoms with Gasteiger partial charge < -0.3 is 15.1 Å². The first-order valence-corrected chi connectivity index (χ1v) is 15.0. The summed E-state index contributed by atoms with van der Waals surface area (Å²) in [5.74, 6) is -1.61. The van der Waals surface area contributed by atoms with Crippen LogP contribution in [0, 0.1) is 23.0 Å². The zero-order chi connectivity index (χ0) is 30.3. The summed E-state index contributed by atoms with van der Waals surface area (Å²) in [6.07, 6.45) is 3.04. The van der Waals surface area contributed by atoms with Gasteiger partial charge in [-0.05, 0) is 93.0 Å². The summed E-state index contributed by atoms with van der Waals surface area (Å²) in [5.41, 5.74) is 3.20.